The van der Waals surface area contributed by atoms with E-state index in [1.807, 2.05) is 36.5 Å². The molecule has 24 heavy (non-hydrogen) atoms. The van der Waals surface area contributed by atoms with Gasteiger partial charge in [0.25, 0.3) is 11.7 Å². The SMILES string of the molecule is Cn1cccc1C(=O)C(=O)NCCc1cnn(-c2ccccc2)c1. The lowest BCUT2D eigenvalue weighted by molar-refractivity contribution is -0.117. The standard InChI is InChI=1S/C18H18N4O2/c1-21-11-5-8-16(21)17(23)18(24)19-10-9-14-12-20-22(13-14)15-6-3-2-4-7-15/h2-8,11-13H,9-10H2,1H3,(H,19,24). The number of nitrogens with one attached hydrogen (secondary N) is 1. The highest BCUT2D eigenvalue weighted by molar-refractivity contribution is 6.42. The Morgan fingerprint density at radius 2 is 1.92 bits per heavy atom. The van der Waals surface area contributed by atoms with Crippen molar-refractivity contribution < 1.29 is 9.59 Å². The summed E-state index contributed by atoms with van der Waals surface area (Å²) in [5.74, 6) is -1.12. The van der Waals surface area contributed by atoms with E-state index in [0.717, 1.165) is 11.3 Å². The lowest BCUT2D eigenvalue weighted by Gasteiger charge is -2.04. The van der Waals surface area contributed by atoms with Crippen LogP contribution in [0.25, 0.3) is 5.69 Å². The minimum Gasteiger partial charge on any atom is -0.349 e. The Hall–Kier alpha value is -3.15. The molecule has 0 bridgehead atoms. The molecule has 1 N–H and O–H groups in total. The van der Waals surface area contributed by atoms with E-state index in [-0.39, 0.29) is 0 Å². The zero-order valence-corrected chi connectivity index (χ0v) is 13.3. The highest BCUT2D eigenvalue weighted by Crippen LogP contribution is 2.08. The molecule has 122 valence electrons. The van der Waals surface area contributed by atoms with Gasteiger partial charge >= 0.3 is 0 Å². The minimum atomic E-state index is -0.591. The monoisotopic (exact) mass is 322 g/mol. The first-order valence-corrected chi connectivity index (χ1v) is 7.68. The molecule has 1 amide bonds. The maximum absolute atomic E-state index is 12.0. The summed E-state index contributed by atoms with van der Waals surface area (Å²) in [6, 6.07) is 13.2. The highest BCUT2D eigenvalue weighted by Gasteiger charge is 2.17. The largest absolute Gasteiger partial charge is 0.349 e. The zero-order valence-electron chi connectivity index (χ0n) is 13.3. The van der Waals surface area contributed by atoms with Gasteiger partial charge in [-0.25, -0.2) is 4.68 Å². The van der Waals surface area contributed by atoms with Crippen molar-refractivity contribution in [2.24, 2.45) is 7.05 Å². The van der Waals surface area contributed by atoms with Crippen LogP contribution in [-0.4, -0.2) is 32.6 Å². The first-order chi connectivity index (χ1) is 11.6. The van der Waals surface area contributed by atoms with Crippen LogP contribution in [0.1, 0.15) is 16.1 Å². The number of hydrogen-bond acceptors (Lipinski definition) is 3. The van der Waals surface area contributed by atoms with Gasteiger partial charge in [-0.3, -0.25) is 9.59 Å². The number of Topliss-reactive ketones (excluding diaryl/α,β-unsaturated/α-hetero) is 1. The summed E-state index contributed by atoms with van der Waals surface area (Å²) in [6.07, 6.45) is 6.02. The number of hydrogen-bond donors (Lipinski definition) is 1. The number of carbonyl (C=O) groups excluding carboxylic acids is 2. The van der Waals surface area contributed by atoms with Crippen LogP contribution in [0.3, 0.4) is 0 Å². The Kier molecular flexibility index (Phi) is 4.56. The Bertz CT molecular complexity index is 849. The maximum atomic E-state index is 12.0. The van der Waals surface area contributed by atoms with Crippen LogP contribution < -0.4 is 5.32 Å². The van der Waals surface area contributed by atoms with Crippen LogP contribution >= 0.6 is 0 Å². The van der Waals surface area contributed by atoms with Gasteiger partial charge < -0.3 is 9.88 Å². The fourth-order valence-electron chi connectivity index (χ4n) is 2.43. The second-order valence-corrected chi connectivity index (χ2v) is 5.47. The molecular formula is C18H18N4O2. The third-order valence-corrected chi connectivity index (χ3v) is 3.74. The average Bonchev–Trinajstić information content (AvgIpc) is 3.24. The molecule has 0 aliphatic carbocycles. The molecule has 0 radical (unpaired) electrons. The molecule has 3 rings (SSSR count). The molecule has 0 aliphatic rings. The van der Waals surface area contributed by atoms with Crippen molar-refractivity contribution in [2.75, 3.05) is 6.54 Å². The van der Waals surface area contributed by atoms with Gasteiger partial charge in [-0.15, -0.1) is 0 Å². The van der Waals surface area contributed by atoms with Crippen LogP contribution in [0.15, 0.2) is 61.1 Å². The molecule has 0 unspecified atom stereocenters. The molecule has 1 aromatic carbocycles. The molecule has 2 aromatic heterocycles. The Balaban J connectivity index is 1.54. The van der Waals surface area contributed by atoms with Crippen LogP contribution in [0.4, 0.5) is 0 Å². The van der Waals surface area contributed by atoms with E-state index in [0.29, 0.717) is 18.7 Å². The van der Waals surface area contributed by atoms with Crippen LogP contribution in [-0.2, 0) is 18.3 Å². The van der Waals surface area contributed by atoms with Crippen LogP contribution in [0, 0.1) is 0 Å². The fourth-order valence-corrected chi connectivity index (χ4v) is 2.43. The number of ketones is 1. The molecule has 0 atom stereocenters. The third-order valence-electron chi connectivity index (χ3n) is 3.74. The molecule has 3 aromatic rings. The van der Waals surface area contributed by atoms with E-state index in [1.165, 1.54) is 0 Å². The topological polar surface area (TPSA) is 68.9 Å². The zero-order chi connectivity index (χ0) is 16.9. The lowest BCUT2D eigenvalue weighted by atomic mass is 10.2. The number of amides is 1. The van der Waals surface area contributed by atoms with E-state index in [4.69, 9.17) is 0 Å². The summed E-state index contributed by atoms with van der Waals surface area (Å²) in [5.41, 5.74) is 2.35. The Morgan fingerprint density at radius 1 is 1.12 bits per heavy atom. The summed E-state index contributed by atoms with van der Waals surface area (Å²) < 4.78 is 3.41. The second kappa shape index (κ2) is 6.95. The number of aromatic nitrogens is 3. The molecule has 6 nitrogen and oxygen atoms in total. The molecule has 0 fully saturated rings. The third kappa shape index (κ3) is 3.43. The summed E-state index contributed by atoms with van der Waals surface area (Å²) in [7, 11) is 1.73. The normalized spacial score (nSPS) is 10.5. The minimum absolute atomic E-state index is 0.379. The average molecular weight is 322 g/mol. The van der Waals surface area contributed by atoms with Crippen molar-refractivity contribution in [3.8, 4) is 5.69 Å². The first-order valence-electron chi connectivity index (χ1n) is 7.68. The fraction of sp³-hybridized carbons (Fsp3) is 0.167. The van der Waals surface area contributed by atoms with Gasteiger partial charge in [0.2, 0.25) is 0 Å². The van der Waals surface area contributed by atoms with Crippen molar-refractivity contribution in [3.63, 3.8) is 0 Å². The van der Waals surface area contributed by atoms with Crippen molar-refractivity contribution in [1.82, 2.24) is 19.7 Å². The van der Waals surface area contributed by atoms with Crippen molar-refractivity contribution >= 4 is 11.7 Å². The predicted octanol–water partition coefficient (Wildman–Crippen LogP) is 1.75. The number of carbonyl (C=O) groups is 2. The summed E-state index contributed by atoms with van der Waals surface area (Å²) in [4.78, 5) is 23.9. The summed E-state index contributed by atoms with van der Waals surface area (Å²) in [5, 5.41) is 6.96. The van der Waals surface area contributed by atoms with Gasteiger partial charge in [0.1, 0.15) is 0 Å². The summed E-state index contributed by atoms with van der Waals surface area (Å²) in [6.45, 7) is 0.384. The van der Waals surface area contributed by atoms with Crippen molar-refractivity contribution in [2.45, 2.75) is 6.42 Å². The molecule has 0 saturated carbocycles. The van der Waals surface area contributed by atoms with Gasteiger partial charge in [0, 0.05) is 26.0 Å². The molecule has 0 aliphatic heterocycles. The van der Waals surface area contributed by atoms with Gasteiger partial charge in [-0.1, -0.05) is 18.2 Å². The van der Waals surface area contributed by atoms with Crippen LogP contribution in [0.2, 0.25) is 0 Å². The Morgan fingerprint density at radius 3 is 2.62 bits per heavy atom. The van der Waals surface area contributed by atoms with E-state index in [9.17, 15) is 9.59 Å². The van der Waals surface area contributed by atoms with Gasteiger partial charge in [0.15, 0.2) is 0 Å². The van der Waals surface area contributed by atoms with E-state index < -0.39 is 11.7 Å². The van der Waals surface area contributed by atoms with Gasteiger partial charge in [-0.2, -0.15) is 5.10 Å². The van der Waals surface area contributed by atoms with E-state index in [2.05, 4.69) is 10.4 Å². The van der Waals surface area contributed by atoms with E-state index in [1.54, 1.807) is 40.8 Å². The molecular weight excluding hydrogens is 304 g/mol. The first kappa shape index (κ1) is 15.7. The number of aryl methyl sites for hydroxylation is 1. The quantitative estimate of drug-likeness (QED) is 0.555. The Labute approximate surface area is 139 Å². The highest BCUT2D eigenvalue weighted by atomic mass is 16.2. The molecule has 6 heteroatoms. The van der Waals surface area contributed by atoms with Gasteiger partial charge in [0.05, 0.1) is 17.6 Å². The second-order valence-electron chi connectivity index (χ2n) is 5.47. The van der Waals surface area contributed by atoms with E-state index >= 15 is 0 Å². The number of nitrogens with zero attached hydrogens (tertiary/aromatic N) is 3. The van der Waals surface area contributed by atoms with Gasteiger partial charge in [-0.05, 0) is 36.2 Å². The van der Waals surface area contributed by atoms with Crippen molar-refractivity contribution in [1.29, 1.82) is 0 Å². The molecule has 0 spiro atoms. The molecule has 0 saturated heterocycles. The lowest BCUT2D eigenvalue weighted by Crippen LogP contribution is -2.33. The number of rotatable bonds is 6. The number of benzene rings is 1. The van der Waals surface area contributed by atoms with Crippen molar-refractivity contribution in [3.05, 3.63) is 72.3 Å². The molecule has 2 heterocycles. The van der Waals surface area contributed by atoms with Crippen LogP contribution in [0.5, 0.6) is 0 Å². The maximum Gasteiger partial charge on any atom is 0.294 e. The smallest absolute Gasteiger partial charge is 0.294 e. The summed E-state index contributed by atoms with van der Waals surface area (Å²) >= 11 is 0. The predicted molar refractivity (Wildman–Crippen MR) is 90.0 cm³/mol. The number of para-hydroxylation sites is 1.